The highest BCUT2D eigenvalue weighted by atomic mass is 35.5. The molecule has 0 unspecified atom stereocenters. The lowest BCUT2D eigenvalue weighted by Crippen LogP contribution is -2.44. The van der Waals surface area contributed by atoms with E-state index >= 15 is 0 Å². The molecule has 1 aromatic carbocycles. The molecule has 2 aromatic heterocycles. The molecule has 14 heteroatoms. The Hall–Kier alpha value is -4.13. The van der Waals surface area contributed by atoms with Crippen LogP contribution in [0.5, 0.6) is 0 Å². The van der Waals surface area contributed by atoms with Crippen molar-refractivity contribution in [3.05, 3.63) is 97.2 Å². The summed E-state index contributed by atoms with van der Waals surface area (Å²) in [6.07, 6.45) is 6.37. The first-order valence-corrected chi connectivity index (χ1v) is 11.4. The topological polar surface area (TPSA) is 123 Å². The van der Waals surface area contributed by atoms with E-state index in [-0.39, 0.29) is 35.2 Å². The van der Waals surface area contributed by atoms with E-state index in [0.717, 1.165) is 21.3 Å². The number of halogens is 4. The van der Waals surface area contributed by atoms with Crippen LogP contribution in [-0.4, -0.2) is 42.5 Å². The number of hydrogen-bond donors (Lipinski definition) is 3. The highest BCUT2D eigenvalue weighted by molar-refractivity contribution is 6.33. The molecule has 1 atom stereocenters. The van der Waals surface area contributed by atoms with Crippen LogP contribution in [0, 0.1) is 22.9 Å². The largest absolute Gasteiger partial charge is 0.394 e. The van der Waals surface area contributed by atoms with Crippen LogP contribution in [0.2, 0.25) is 0 Å². The Morgan fingerprint density at radius 3 is 2.51 bits per heavy atom. The van der Waals surface area contributed by atoms with Gasteiger partial charge in [-0.05, 0) is 29.3 Å². The van der Waals surface area contributed by atoms with Gasteiger partial charge in [0.25, 0.3) is 0 Å². The molecule has 3 aromatic rings. The number of nitrogens with zero attached hydrogens (tertiary/aromatic N) is 5. The molecule has 0 saturated heterocycles. The quantitative estimate of drug-likeness (QED) is 0.399. The van der Waals surface area contributed by atoms with Crippen molar-refractivity contribution in [2.75, 3.05) is 12.4 Å². The molecule has 4 rings (SSSR count). The number of hydrogen-bond acceptors (Lipinski definition) is 7. The van der Waals surface area contributed by atoms with Gasteiger partial charge in [0.05, 0.1) is 36.9 Å². The van der Waals surface area contributed by atoms with Crippen LogP contribution in [0.1, 0.15) is 17.7 Å². The normalized spacial score (nSPS) is 16.7. The van der Waals surface area contributed by atoms with Crippen molar-refractivity contribution in [1.82, 2.24) is 29.0 Å². The van der Waals surface area contributed by atoms with Crippen LogP contribution >= 0.6 is 11.6 Å². The van der Waals surface area contributed by atoms with E-state index in [2.05, 4.69) is 20.6 Å². The maximum absolute atomic E-state index is 13.9. The maximum Gasteiger partial charge on any atom is 0.355 e. The summed E-state index contributed by atoms with van der Waals surface area (Å²) in [4.78, 5) is 34.4. The summed E-state index contributed by atoms with van der Waals surface area (Å²) in [7, 11) is 3.39. The molecule has 0 fully saturated rings. The van der Waals surface area contributed by atoms with E-state index in [4.69, 9.17) is 17.0 Å². The lowest BCUT2D eigenvalue weighted by molar-refractivity contribution is 0.444. The summed E-state index contributed by atoms with van der Waals surface area (Å²) in [6, 6.07) is 0.845. The van der Waals surface area contributed by atoms with E-state index in [1.807, 2.05) is 0 Å². The van der Waals surface area contributed by atoms with Gasteiger partial charge in [-0.3, -0.25) is 4.57 Å². The van der Waals surface area contributed by atoms with E-state index in [1.54, 1.807) is 31.1 Å². The van der Waals surface area contributed by atoms with Crippen molar-refractivity contribution in [3.63, 3.8) is 0 Å². The summed E-state index contributed by atoms with van der Waals surface area (Å²) in [6.45, 7) is -0.637. The van der Waals surface area contributed by atoms with Gasteiger partial charge in [-0.15, -0.1) is 0 Å². The Kier molecular flexibility index (Phi) is 7.34. The van der Waals surface area contributed by atoms with Gasteiger partial charge in [-0.25, -0.2) is 32.3 Å². The third-order valence-electron chi connectivity index (χ3n) is 5.62. The number of rotatable bonds is 7. The number of aryl methyl sites for hydroxylation is 1. The molecule has 0 amide bonds. The molecule has 2 heterocycles. The van der Waals surface area contributed by atoms with Crippen LogP contribution in [0.3, 0.4) is 0 Å². The second-order valence-corrected chi connectivity index (χ2v) is 8.82. The Morgan fingerprint density at radius 2 is 1.89 bits per heavy atom. The SMILES string of the molecule is CN/C=C1/C[C@@H](Nc2nc(=O)n(Cc3cn(C)cn3)c(=O)n2Cc2cc(F)c(F)c(F)c2)C(Cl)=CC1=N. The molecule has 1 aliphatic carbocycles. The summed E-state index contributed by atoms with van der Waals surface area (Å²) in [5, 5.41) is 14.1. The van der Waals surface area contributed by atoms with E-state index in [1.165, 1.54) is 12.4 Å². The molecule has 0 saturated carbocycles. The maximum atomic E-state index is 13.9. The predicted octanol–water partition coefficient (Wildman–Crippen LogP) is 2.08. The molecule has 3 N–H and O–H groups in total. The van der Waals surface area contributed by atoms with Crippen LogP contribution in [0.4, 0.5) is 19.1 Å². The monoisotopic (exact) mass is 534 g/mol. The molecule has 0 aliphatic heterocycles. The van der Waals surface area contributed by atoms with E-state index < -0.39 is 41.4 Å². The zero-order valence-electron chi connectivity index (χ0n) is 19.7. The zero-order chi connectivity index (χ0) is 26.9. The fourth-order valence-electron chi connectivity index (χ4n) is 3.86. The number of aromatic nitrogens is 5. The fourth-order valence-corrected chi connectivity index (χ4v) is 4.10. The van der Waals surface area contributed by atoms with Gasteiger partial charge in [0, 0.05) is 37.9 Å². The van der Waals surface area contributed by atoms with Crippen LogP contribution in [0.25, 0.3) is 0 Å². The Morgan fingerprint density at radius 1 is 1.19 bits per heavy atom. The smallest absolute Gasteiger partial charge is 0.355 e. The first-order valence-electron chi connectivity index (χ1n) is 11.0. The lowest BCUT2D eigenvalue weighted by atomic mass is 9.95. The van der Waals surface area contributed by atoms with Crippen molar-refractivity contribution in [2.24, 2.45) is 7.05 Å². The molecular formula is C23H22ClF3N8O2. The number of benzene rings is 1. The third-order valence-corrected chi connectivity index (χ3v) is 5.99. The summed E-state index contributed by atoms with van der Waals surface area (Å²) < 4.78 is 44.8. The predicted molar refractivity (Wildman–Crippen MR) is 131 cm³/mol. The first kappa shape index (κ1) is 25.9. The van der Waals surface area contributed by atoms with Gasteiger partial charge in [0.1, 0.15) is 0 Å². The van der Waals surface area contributed by atoms with Crippen molar-refractivity contribution in [1.29, 1.82) is 5.41 Å². The summed E-state index contributed by atoms with van der Waals surface area (Å²) in [5.41, 5.74) is -0.605. The molecule has 0 spiro atoms. The number of nitrogens with one attached hydrogen (secondary N) is 3. The molecule has 0 radical (unpaired) electrons. The average molecular weight is 535 g/mol. The molecule has 194 valence electrons. The number of allylic oxidation sites excluding steroid dienone is 1. The van der Waals surface area contributed by atoms with Gasteiger partial charge < -0.3 is 20.6 Å². The van der Waals surface area contributed by atoms with E-state index in [9.17, 15) is 22.8 Å². The fraction of sp³-hybridized carbons (Fsp3) is 0.261. The van der Waals surface area contributed by atoms with Gasteiger partial charge in [0.15, 0.2) is 17.5 Å². The third kappa shape index (κ3) is 5.50. The van der Waals surface area contributed by atoms with Crippen molar-refractivity contribution in [3.8, 4) is 0 Å². The van der Waals surface area contributed by atoms with Gasteiger partial charge in [0.2, 0.25) is 5.95 Å². The highest BCUT2D eigenvalue weighted by Crippen LogP contribution is 2.26. The second-order valence-electron chi connectivity index (χ2n) is 8.38. The van der Waals surface area contributed by atoms with Crippen LogP contribution in [0.15, 0.2) is 57.1 Å². The summed E-state index contributed by atoms with van der Waals surface area (Å²) in [5.74, 6) is -4.71. The molecule has 37 heavy (non-hydrogen) atoms. The molecule has 1 aliphatic rings. The molecule has 0 bridgehead atoms. The minimum absolute atomic E-state index is 0.0748. The Bertz CT molecular complexity index is 1530. The highest BCUT2D eigenvalue weighted by Gasteiger charge is 2.25. The van der Waals surface area contributed by atoms with Gasteiger partial charge >= 0.3 is 11.4 Å². The minimum Gasteiger partial charge on any atom is -0.394 e. The van der Waals surface area contributed by atoms with Gasteiger partial charge in [-0.2, -0.15) is 4.98 Å². The molecular weight excluding hydrogens is 513 g/mol. The second kappa shape index (κ2) is 10.5. The minimum atomic E-state index is -1.64. The summed E-state index contributed by atoms with van der Waals surface area (Å²) >= 11 is 6.35. The zero-order valence-corrected chi connectivity index (χ0v) is 20.5. The average Bonchev–Trinajstić information content (AvgIpc) is 3.25. The van der Waals surface area contributed by atoms with Crippen molar-refractivity contribution >= 4 is 23.3 Å². The van der Waals surface area contributed by atoms with Crippen LogP contribution in [-0.2, 0) is 20.1 Å². The first-order chi connectivity index (χ1) is 17.6. The van der Waals surface area contributed by atoms with Crippen LogP contribution < -0.4 is 22.0 Å². The van der Waals surface area contributed by atoms with Gasteiger partial charge in [-0.1, -0.05) is 11.6 Å². The Labute approximate surface area is 213 Å². The van der Waals surface area contributed by atoms with Crippen molar-refractivity contribution < 1.29 is 13.2 Å². The Balaban J connectivity index is 1.80. The van der Waals surface area contributed by atoms with Crippen molar-refractivity contribution in [2.45, 2.75) is 25.6 Å². The standard InChI is InChI=1S/C23H22ClF3N8O2/c1-29-7-13-5-19(15(24)6-18(13)28)31-21-32-22(36)35(10-14-9-33(2)11-30-14)23(37)34(21)8-12-3-16(25)20(27)17(26)4-12/h3-4,6-7,9,11,19,28-29H,5,8,10H2,1-2H3,(H,31,32,36)/b13-7-,28-18?/t19-/m1/s1. The number of anilines is 1. The van der Waals surface area contributed by atoms with E-state index in [0.29, 0.717) is 11.3 Å². The number of imidazole rings is 1. The molecule has 10 nitrogen and oxygen atoms in total. The lowest BCUT2D eigenvalue weighted by Gasteiger charge is -2.26.